The number of benzene rings is 1. The number of aromatic nitrogens is 1. The minimum Gasteiger partial charge on any atom is -0.444 e. The number of anilines is 1. The minimum absolute atomic E-state index is 0.111. The van der Waals surface area contributed by atoms with E-state index in [1.165, 1.54) is 11.3 Å². The van der Waals surface area contributed by atoms with E-state index in [0.29, 0.717) is 16.4 Å². The third-order valence-electron chi connectivity index (χ3n) is 3.19. The molecule has 1 aliphatic rings. The third-order valence-corrected chi connectivity index (χ3v) is 4.24. The normalized spacial score (nSPS) is 13.6. The fraction of sp³-hybridized carbons (Fsp3) is 0.267. The summed E-state index contributed by atoms with van der Waals surface area (Å²) in [6.45, 7) is 0.205. The quantitative estimate of drug-likeness (QED) is 0.943. The molecule has 108 valence electrons. The number of Topliss-reactive ketones (excluding diaryl/α,β-unsaturated/α-hetero) is 1. The summed E-state index contributed by atoms with van der Waals surface area (Å²) in [7, 11) is 0. The number of hydrogen-bond donors (Lipinski definition) is 1. The molecule has 1 amide bonds. The van der Waals surface area contributed by atoms with Crippen molar-refractivity contribution in [1.29, 1.82) is 0 Å². The van der Waals surface area contributed by atoms with Gasteiger partial charge < -0.3 is 4.74 Å². The summed E-state index contributed by atoms with van der Waals surface area (Å²) in [5.74, 6) is 0.111. The molecule has 1 N–H and O–H groups in total. The number of hydrogen-bond acceptors (Lipinski definition) is 5. The molecule has 0 bridgehead atoms. The maximum Gasteiger partial charge on any atom is 0.413 e. The average Bonchev–Trinajstić information content (AvgIpc) is 2.90. The van der Waals surface area contributed by atoms with Crippen molar-refractivity contribution < 1.29 is 14.3 Å². The Morgan fingerprint density at radius 2 is 2.10 bits per heavy atom. The van der Waals surface area contributed by atoms with E-state index in [-0.39, 0.29) is 12.4 Å². The standard InChI is InChI=1S/C15H14N2O3S/c18-12-8-4-7-11-13(12)21-14(16-11)17-15(19)20-9-10-5-2-1-3-6-10/h1-3,5-6H,4,7-9H2,(H,16,17,19). The SMILES string of the molecule is O=C(Nc1nc2c(s1)C(=O)CCC2)OCc1ccccc1. The molecule has 1 heterocycles. The van der Waals surface area contributed by atoms with Crippen LogP contribution < -0.4 is 5.32 Å². The van der Waals surface area contributed by atoms with Crippen molar-refractivity contribution in [3.05, 3.63) is 46.5 Å². The summed E-state index contributed by atoms with van der Waals surface area (Å²) in [4.78, 5) is 28.4. The van der Waals surface area contributed by atoms with E-state index < -0.39 is 6.09 Å². The van der Waals surface area contributed by atoms with E-state index in [9.17, 15) is 9.59 Å². The first-order chi connectivity index (χ1) is 10.2. The van der Waals surface area contributed by atoms with Gasteiger partial charge in [-0.2, -0.15) is 0 Å². The highest BCUT2D eigenvalue weighted by Crippen LogP contribution is 2.29. The first-order valence-electron chi connectivity index (χ1n) is 6.73. The van der Waals surface area contributed by atoms with Gasteiger partial charge in [0.05, 0.1) is 10.6 Å². The number of thiazole rings is 1. The van der Waals surface area contributed by atoms with Gasteiger partial charge in [0.2, 0.25) is 0 Å². The first kappa shape index (κ1) is 13.8. The van der Waals surface area contributed by atoms with Crippen LogP contribution in [0.3, 0.4) is 0 Å². The monoisotopic (exact) mass is 302 g/mol. The Morgan fingerprint density at radius 3 is 2.86 bits per heavy atom. The van der Waals surface area contributed by atoms with Crippen molar-refractivity contribution in [2.45, 2.75) is 25.9 Å². The van der Waals surface area contributed by atoms with Crippen LogP contribution in [0, 0.1) is 0 Å². The van der Waals surface area contributed by atoms with Crippen LogP contribution in [0.4, 0.5) is 9.93 Å². The average molecular weight is 302 g/mol. The number of amides is 1. The second kappa shape index (κ2) is 6.05. The molecule has 21 heavy (non-hydrogen) atoms. The highest BCUT2D eigenvalue weighted by Gasteiger charge is 2.22. The van der Waals surface area contributed by atoms with Crippen LogP contribution in [-0.4, -0.2) is 16.9 Å². The number of aryl methyl sites for hydroxylation is 1. The molecule has 0 atom stereocenters. The lowest BCUT2D eigenvalue weighted by molar-refractivity contribution is 0.0976. The number of carbonyl (C=O) groups excluding carboxylic acids is 2. The Hall–Kier alpha value is -2.21. The zero-order valence-electron chi connectivity index (χ0n) is 11.3. The van der Waals surface area contributed by atoms with Crippen LogP contribution in [0.5, 0.6) is 0 Å². The van der Waals surface area contributed by atoms with Crippen LogP contribution >= 0.6 is 11.3 Å². The number of ether oxygens (including phenoxy) is 1. The van der Waals surface area contributed by atoms with Crippen molar-refractivity contribution in [2.24, 2.45) is 0 Å². The lowest BCUT2D eigenvalue weighted by Crippen LogP contribution is -2.13. The molecule has 0 saturated carbocycles. The lowest BCUT2D eigenvalue weighted by atomic mass is 10.0. The molecular formula is C15H14N2O3S. The minimum atomic E-state index is -0.558. The van der Waals surface area contributed by atoms with E-state index in [4.69, 9.17) is 4.74 Å². The largest absolute Gasteiger partial charge is 0.444 e. The van der Waals surface area contributed by atoms with E-state index in [0.717, 1.165) is 24.1 Å². The molecule has 0 unspecified atom stereocenters. The van der Waals surface area contributed by atoms with Gasteiger partial charge in [-0.15, -0.1) is 0 Å². The fourth-order valence-electron chi connectivity index (χ4n) is 2.17. The maximum atomic E-state index is 11.7. The molecule has 1 aliphatic carbocycles. The van der Waals surface area contributed by atoms with E-state index in [2.05, 4.69) is 10.3 Å². The van der Waals surface area contributed by atoms with Gasteiger partial charge in [0.1, 0.15) is 6.61 Å². The smallest absolute Gasteiger partial charge is 0.413 e. The van der Waals surface area contributed by atoms with Gasteiger partial charge >= 0.3 is 6.09 Å². The highest BCUT2D eigenvalue weighted by atomic mass is 32.1. The van der Waals surface area contributed by atoms with Gasteiger partial charge in [0.15, 0.2) is 10.9 Å². The molecule has 6 heteroatoms. The molecule has 2 aromatic rings. The number of ketones is 1. The van der Waals surface area contributed by atoms with Gasteiger partial charge in [-0.1, -0.05) is 41.7 Å². The molecule has 1 aromatic heterocycles. The van der Waals surface area contributed by atoms with E-state index in [1.807, 2.05) is 30.3 Å². The van der Waals surface area contributed by atoms with Crippen LogP contribution in [0.15, 0.2) is 30.3 Å². The Bertz CT molecular complexity index is 667. The summed E-state index contributed by atoms with van der Waals surface area (Å²) < 4.78 is 5.12. The molecule has 0 spiro atoms. The molecule has 3 rings (SSSR count). The fourth-order valence-corrected chi connectivity index (χ4v) is 3.13. The van der Waals surface area contributed by atoms with Crippen LogP contribution in [-0.2, 0) is 17.8 Å². The first-order valence-corrected chi connectivity index (χ1v) is 7.54. The lowest BCUT2D eigenvalue weighted by Gasteiger charge is -2.05. The third kappa shape index (κ3) is 3.28. The van der Waals surface area contributed by atoms with Crippen molar-refractivity contribution in [2.75, 3.05) is 5.32 Å². The molecule has 0 radical (unpaired) electrons. The molecule has 0 aliphatic heterocycles. The van der Waals surface area contributed by atoms with Crippen molar-refractivity contribution >= 4 is 28.3 Å². The Balaban J connectivity index is 1.59. The predicted octanol–water partition coefficient (Wildman–Crippen LogP) is 3.41. The summed E-state index contributed by atoms with van der Waals surface area (Å²) in [5, 5.41) is 3.01. The number of rotatable bonds is 3. The summed E-state index contributed by atoms with van der Waals surface area (Å²) >= 11 is 1.22. The topological polar surface area (TPSA) is 68.3 Å². The predicted molar refractivity (Wildman–Crippen MR) is 79.6 cm³/mol. The number of nitrogens with one attached hydrogen (secondary N) is 1. The van der Waals surface area contributed by atoms with Gasteiger partial charge in [0, 0.05) is 6.42 Å². The number of fused-ring (bicyclic) bond motifs is 1. The van der Waals surface area contributed by atoms with Crippen LogP contribution in [0.2, 0.25) is 0 Å². The highest BCUT2D eigenvalue weighted by molar-refractivity contribution is 7.17. The molecular weight excluding hydrogens is 288 g/mol. The molecule has 5 nitrogen and oxygen atoms in total. The van der Waals surface area contributed by atoms with Crippen LogP contribution in [0.1, 0.15) is 33.8 Å². The second-order valence-electron chi connectivity index (χ2n) is 4.76. The van der Waals surface area contributed by atoms with Crippen LogP contribution in [0.25, 0.3) is 0 Å². The van der Waals surface area contributed by atoms with Gasteiger partial charge in [-0.25, -0.2) is 9.78 Å². The Morgan fingerprint density at radius 1 is 1.29 bits per heavy atom. The Kier molecular flexibility index (Phi) is 3.96. The zero-order valence-corrected chi connectivity index (χ0v) is 12.1. The molecule has 0 saturated heterocycles. The van der Waals surface area contributed by atoms with E-state index in [1.54, 1.807) is 0 Å². The number of nitrogens with zero attached hydrogens (tertiary/aromatic N) is 1. The van der Waals surface area contributed by atoms with Gasteiger partial charge in [0.25, 0.3) is 0 Å². The van der Waals surface area contributed by atoms with Gasteiger partial charge in [-0.3, -0.25) is 10.1 Å². The van der Waals surface area contributed by atoms with Gasteiger partial charge in [-0.05, 0) is 18.4 Å². The number of carbonyl (C=O) groups is 2. The summed E-state index contributed by atoms with van der Waals surface area (Å²) in [5.41, 5.74) is 1.70. The molecule has 0 fully saturated rings. The summed E-state index contributed by atoms with van der Waals surface area (Å²) in [6.07, 6.45) is 1.62. The summed E-state index contributed by atoms with van der Waals surface area (Å²) in [6, 6.07) is 9.44. The molecule has 1 aromatic carbocycles. The van der Waals surface area contributed by atoms with Crippen molar-refractivity contribution in [3.63, 3.8) is 0 Å². The zero-order chi connectivity index (χ0) is 14.7. The van der Waals surface area contributed by atoms with Crippen molar-refractivity contribution in [1.82, 2.24) is 4.98 Å². The van der Waals surface area contributed by atoms with E-state index >= 15 is 0 Å². The Labute approximate surface area is 126 Å². The second-order valence-corrected chi connectivity index (χ2v) is 5.76. The maximum absolute atomic E-state index is 11.7. The van der Waals surface area contributed by atoms with Crippen molar-refractivity contribution in [3.8, 4) is 0 Å².